The Bertz CT molecular complexity index is 1500. The lowest BCUT2D eigenvalue weighted by Crippen LogP contribution is -2.22. The first-order chi connectivity index (χ1) is 16.0. The molecule has 0 spiro atoms. The topological polar surface area (TPSA) is 110 Å². The molecule has 0 unspecified atom stereocenters. The van der Waals surface area contributed by atoms with E-state index >= 15 is 0 Å². The number of furan rings is 1. The van der Waals surface area contributed by atoms with Gasteiger partial charge >= 0.3 is 0 Å². The van der Waals surface area contributed by atoms with Crippen LogP contribution in [0.25, 0.3) is 22.3 Å². The maximum atomic E-state index is 13.4. The average Bonchev–Trinajstić information content (AvgIpc) is 3.35. The van der Waals surface area contributed by atoms with Gasteiger partial charge in [0.25, 0.3) is 5.91 Å². The largest absolute Gasteiger partial charge is 0.466 e. The van der Waals surface area contributed by atoms with E-state index in [9.17, 15) is 13.2 Å². The number of aryl methyl sites for hydroxylation is 2. The van der Waals surface area contributed by atoms with Gasteiger partial charge in [-0.2, -0.15) is 5.10 Å². The molecule has 1 N–H and O–H groups in total. The molecule has 0 aliphatic heterocycles. The first-order valence-corrected chi connectivity index (χ1v) is 12.2. The number of hydrogen-bond donors (Lipinski definition) is 1. The molecule has 1 amide bonds. The number of carbonyl (C=O) groups excluding carboxylic acids is 1. The molecular formula is C24H27N5O4S. The van der Waals surface area contributed by atoms with Crippen LogP contribution in [0.1, 0.15) is 41.8 Å². The van der Waals surface area contributed by atoms with Gasteiger partial charge in [0.05, 0.1) is 27.7 Å². The fourth-order valence-corrected chi connectivity index (χ4v) is 4.70. The highest BCUT2D eigenvalue weighted by atomic mass is 32.2. The summed E-state index contributed by atoms with van der Waals surface area (Å²) in [6, 6.07) is 9.80. The summed E-state index contributed by atoms with van der Waals surface area (Å²) < 4.78 is 33.6. The van der Waals surface area contributed by atoms with Gasteiger partial charge in [0.15, 0.2) is 5.65 Å². The quantitative estimate of drug-likeness (QED) is 0.437. The van der Waals surface area contributed by atoms with Crippen LogP contribution >= 0.6 is 0 Å². The second kappa shape index (κ2) is 8.69. The molecule has 34 heavy (non-hydrogen) atoms. The van der Waals surface area contributed by atoms with Crippen LogP contribution in [0.2, 0.25) is 0 Å². The molecule has 0 aliphatic rings. The van der Waals surface area contributed by atoms with Crippen molar-refractivity contribution in [2.75, 3.05) is 19.4 Å². The summed E-state index contributed by atoms with van der Waals surface area (Å²) in [5.74, 6) is 1.05. The number of rotatable bonds is 6. The third-order valence-corrected chi connectivity index (χ3v) is 7.30. The first-order valence-electron chi connectivity index (χ1n) is 10.8. The number of carbonyl (C=O) groups is 1. The van der Waals surface area contributed by atoms with E-state index in [4.69, 9.17) is 9.40 Å². The van der Waals surface area contributed by atoms with Crippen molar-refractivity contribution in [3.05, 3.63) is 59.7 Å². The molecule has 0 atom stereocenters. The van der Waals surface area contributed by atoms with Gasteiger partial charge in [0, 0.05) is 31.4 Å². The molecule has 4 aromatic rings. The molecule has 0 bridgehead atoms. The molecule has 178 valence electrons. The predicted molar refractivity (Wildman–Crippen MR) is 130 cm³/mol. The van der Waals surface area contributed by atoms with Gasteiger partial charge < -0.3 is 9.73 Å². The van der Waals surface area contributed by atoms with Gasteiger partial charge in [0.2, 0.25) is 10.0 Å². The van der Waals surface area contributed by atoms with E-state index in [1.54, 1.807) is 29.1 Å². The highest BCUT2D eigenvalue weighted by Gasteiger charge is 2.22. The van der Waals surface area contributed by atoms with Crippen LogP contribution in [0.15, 0.2) is 51.9 Å². The molecule has 9 nitrogen and oxygen atoms in total. The number of benzene rings is 1. The zero-order valence-electron chi connectivity index (χ0n) is 19.9. The van der Waals surface area contributed by atoms with Crippen molar-refractivity contribution in [1.29, 1.82) is 0 Å². The molecule has 0 saturated carbocycles. The fourth-order valence-electron chi connectivity index (χ4n) is 3.75. The van der Waals surface area contributed by atoms with Crippen LogP contribution in [-0.4, -0.2) is 47.5 Å². The molecule has 1 aromatic carbocycles. The molecule has 3 aromatic heterocycles. The number of pyridine rings is 1. The Hall–Kier alpha value is -3.50. The minimum absolute atomic E-state index is 0.0382. The van der Waals surface area contributed by atoms with Gasteiger partial charge in [-0.25, -0.2) is 22.4 Å². The Kier molecular flexibility index (Phi) is 6.05. The molecule has 10 heteroatoms. The van der Waals surface area contributed by atoms with Crippen LogP contribution in [-0.2, 0) is 10.0 Å². The van der Waals surface area contributed by atoms with Crippen molar-refractivity contribution in [3.63, 3.8) is 0 Å². The van der Waals surface area contributed by atoms with Crippen molar-refractivity contribution < 1.29 is 17.6 Å². The highest BCUT2D eigenvalue weighted by Crippen LogP contribution is 2.30. The van der Waals surface area contributed by atoms with E-state index in [1.807, 2.05) is 33.8 Å². The minimum Gasteiger partial charge on any atom is -0.466 e. The summed E-state index contributed by atoms with van der Waals surface area (Å²) in [5, 5.41) is 7.87. The van der Waals surface area contributed by atoms with E-state index in [-0.39, 0.29) is 10.9 Å². The Morgan fingerprint density at radius 1 is 1.15 bits per heavy atom. The van der Waals surface area contributed by atoms with Gasteiger partial charge in [0.1, 0.15) is 11.5 Å². The summed E-state index contributed by atoms with van der Waals surface area (Å²) in [5.41, 5.74) is 2.72. The number of anilines is 1. The Morgan fingerprint density at radius 2 is 1.88 bits per heavy atom. The zero-order chi connectivity index (χ0) is 24.8. The monoisotopic (exact) mass is 481 g/mol. The molecule has 0 saturated heterocycles. The van der Waals surface area contributed by atoms with Crippen LogP contribution in [0.3, 0.4) is 0 Å². The molecule has 0 fully saturated rings. The minimum atomic E-state index is -3.64. The maximum absolute atomic E-state index is 13.4. The molecular weight excluding hydrogens is 454 g/mol. The first kappa shape index (κ1) is 23.7. The summed E-state index contributed by atoms with van der Waals surface area (Å²) >= 11 is 0. The zero-order valence-corrected chi connectivity index (χ0v) is 20.8. The summed E-state index contributed by atoms with van der Waals surface area (Å²) in [7, 11) is -0.717. The van der Waals surface area contributed by atoms with Crippen molar-refractivity contribution in [3.8, 4) is 11.3 Å². The highest BCUT2D eigenvalue weighted by molar-refractivity contribution is 7.89. The standard InChI is InChI=1S/C24H27N5O4S/c1-14(2)29-23-21(13-25-29)20(12-22(27-23)19-10-15(3)33-16(19)4)24(30)26-17-8-7-9-18(11-17)34(31,32)28(5)6/h7-14H,1-6H3,(H,26,30). The van der Waals surface area contributed by atoms with Gasteiger partial charge in [-0.3, -0.25) is 4.79 Å². The number of amides is 1. The van der Waals surface area contributed by atoms with Crippen LogP contribution in [0, 0.1) is 13.8 Å². The number of nitrogens with one attached hydrogen (secondary N) is 1. The predicted octanol–water partition coefficient (Wildman–Crippen LogP) is 4.39. The van der Waals surface area contributed by atoms with Gasteiger partial charge in [-0.1, -0.05) is 6.07 Å². The lowest BCUT2D eigenvalue weighted by atomic mass is 10.1. The average molecular weight is 482 g/mol. The SMILES string of the molecule is Cc1cc(-c2cc(C(=O)Nc3cccc(S(=O)(=O)N(C)C)c3)c3cnn(C(C)C)c3n2)c(C)o1. The Labute approximate surface area is 198 Å². The van der Waals surface area contributed by atoms with Gasteiger partial charge in [-0.05, 0) is 58.0 Å². The number of hydrogen-bond acceptors (Lipinski definition) is 6. The Balaban J connectivity index is 1.81. The molecule has 4 rings (SSSR count). The third-order valence-electron chi connectivity index (χ3n) is 5.49. The van der Waals surface area contributed by atoms with Gasteiger partial charge in [-0.15, -0.1) is 0 Å². The van der Waals surface area contributed by atoms with E-state index in [2.05, 4.69) is 10.4 Å². The van der Waals surface area contributed by atoms with Crippen molar-refractivity contribution >= 4 is 32.7 Å². The number of fused-ring (bicyclic) bond motifs is 1. The number of sulfonamides is 1. The van der Waals surface area contributed by atoms with Crippen molar-refractivity contribution in [1.82, 2.24) is 19.1 Å². The van der Waals surface area contributed by atoms with Crippen LogP contribution in [0.5, 0.6) is 0 Å². The van der Waals surface area contributed by atoms with Crippen LogP contribution < -0.4 is 5.32 Å². The molecule has 0 radical (unpaired) electrons. The molecule has 3 heterocycles. The summed E-state index contributed by atoms with van der Waals surface area (Å²) in [6.07, 6.45) is 1.63. The van der Waals surface area contributed by atoms with Crippen molar-refractivity contribution in [2.45, 2.75) is 38.6 Å². The smallest absolute Gasteiger partial charge is 0.256 e. The van der Waals surface area contributed by atoms with Crippen molar-refractivity contribution in [2.24, 2.45) is 0 Å². The maximum Gasteiger partial charge on any atom is 0.256 e. The lowest BCUT2D eigenvalue weighted by molar-refractivity contribution is 0.102. The van der Waals surface area contributed by atoms with E-state index < -0.39 is 15.9 Å². The second-order valence-electron chi connectivity index (χ2n) is 8.57. The van der Waals surface area contributed by atoms with E-state index in [0.717, 1.165) is 15.6 Å². The number of aromatic nitrogens is 3. The Morgan fingerprint density at radius 3 is 2.50 bits per heavy atom. The molecule has 0 aliphatic carbocycles. The fraction of sp³-hybridized carbons (Fsp3) is 0.292. The lowest BCUT2D eigenvalue weighted by Gasteiger charge is -2.13. The van der Waals surface area contributed by atoms with E-state index in [1.165, 1.54) is 26.2 Å². The van der Waals surface area contributed by atoms with Crippen LogP contribution in [0.4, 0.5) is 5.69 Å². The second-order valence-corrected chi connectivity index (χ2v) is 10.7. The summed E-state index contributed by atoms with van der Waals surface area (Å²) in [6.45, 7) is 7.69. The normalized spacial score (nSPS) is 12.1. The number of nitrogens with zero attached hydrogens (tertiary/aromatic N) is 4. The van der Waals surface area contributed by atoms with E-state index in [0.29, 0.717) is 33.7 Å². The summed E-state index contributed by atoms with van der Waals surface area (Å²) in [4.78, 5) is 18.3. The third kappa shape index (κ3) is 4.22.